The Morgan fingerprint density at radius 2 is 1.67 bits per heavy atom. The van der Waals surface area contributed by atoms with E-state index < -0.39 is 5.09 Å². The third-order valence-electron chi connectivity index (χ3n) is 0. The van der Waals surface area contributed by atoms with Gasteiger partial charge in [-0.2, -0.15) is 0 Å². The molecule has 0 atom stereocenters. The summed E-state index contributed by atoms with van der Waals surface area (Å²) >= 11 is 0. The first kappa shape index (κ1) is 15.8. The number of nitrogens with zero attached hydrogens (tertiary/aromatic N) is 1. The Hall–Kier alpha value is 0.796. The fraction of sp³-hybridized carbons (Fsp3) is 0. The van der Waals surface area contributed by atoms with Crippen LogP contribution >= 0.6 is 0 Å². The Labute approximate surface area is 76.2 Å². The predicted molar refractivity (Wildman–Crippen MR) is 10.7 cm³/mol. The maximum absolute atomic E-state index is 8.36. The number of rotatable bonds is 0. The predicted octanol–water partition coefficient (Wildman–Crippen LogP) is -3.52. The first-order valence-corrected chi connectivity index (χ1v) is 0.565. The molecule has 6 heavy (non-hydrogen) atoms. The molecule has 0 aromatic heterocycles. The molecule has 0 spiro atoms. The minimum Gasteiger partial charge on any atom is -0.870 e. The molecule has 2 N–H and O–H groups in total. The van der Waals surface area contributed by atoms with Crippen molar-refractivity contribution in [3.63, 3.8) is 0 Å². The van der Waals surface area contributed by atoms with Crippen LogP contribution in [0, 0.1) is 10.1 Å². The molecule has 0 rings (SSSR count). The summed E-state index contributed by atoms with van der Waals surface area (Å²) in [5, 5.41) is 13.6. The molecule has 0 heterocycles. The quantitative estimate of drug-likeness (QED) is 0.203. The van der Waals surface area contributed by atoms with Gasteiger partial charge in [-0.15, -0.1) is 10.1 Å². The SMILES string of the molecule is O=[N+]([O-])O.[K+].[OH-]. The van der Waals surface area contributed by atoms with Gasteiger partial charge >= 0.3 is 51.4 Å². The molecule has 0 aromatic carbocycles. The zero-order valence-corrected chi connectivity index (χ0v) is 6.28. The second-order valence-corrected chi connectivity index (χ2v) is 0.238. The van der Waals surface area contributed by atoms with Crippen LogP contribution in [0.5, 0.6) is 0 Å². The van der Waals surface area contributed by atoms with Gasteiger partial charge in [-0.3, -0.25) is 0 Å². The van der Waals surface area contributed by atoms with Gasteiger partial charge in [0, 0.05) is 0 Å². The monoisotopic (exact) mass is 119 g/mol. The van der Waals surface area contributed by atoms with Crippen LogP contribution in [-0.4, -0.2) is 15.8 Å². The minimum atomic E-state index is -1.50. The molecule has 32 valence electrons. The second-order valence-electron chi connectivity index (χ2n) is 0.238. The molecule has 0 aliphatic heterocycles. The summed E-state index contributed by atoms with van der Waals surface area (Å²) in [6.45, 7) is 0. The molecule has 0 aliphatic carbocycles. The zero-order chi connectivity index (χ0) is 3.58. The van der Waals surface area contributed by atoms with Crippen molar-refractivity contribution in [2.24, 2.45) is 0 Å². The third-order valence-corrected chi connectivity index (χ3v) is 0. The van der Waals surface area contributed by atoms with Gasteiger partial charge in [-0.25, -0.2) is 0 Å². The summed E-state index contributed by atoms with van der Waals surface area (Å²) < 4.78 is 0. The van der Waals surface area contributed by atoms with E-state index in [0.717, 1.165) is 0 Å². The van der Waals surface area contributed by atoms with Crippen molar-refractivity contribution in [3.05, 3.63) is 10.1 Å². The first-order chi connectivity index (χ1) is 1.73. The maximum atomic E-state index is 8.36. The smallest absolute Gasteiger partial charge is 0.870 e. The van der Waals surface area contributed by atoms with Gasteiger partial charge in [-0.05, 0) is 0 Å². The normalized spacial score (nSPS) is 4.00. The van der Waals surface area contributed by atoms with E-state index in [-0.39, 0.29) is 56.9 Å². The topological polar surface area (TPSA) is 93.4 Å². The van der Waals surface area contributed by atoms with Crippen LogP contribution in [0.3, 0.4) is 0 Å². The summed E-state index contributed by atoms with van der Waals surface area (Å²) in [6, 6.07) is 0. The Balaban J connectivity index is -0.0000000450. The van der Waals surface area contributed by atoms with Gasteiger partial charge in [0.1, 0.15) is 0 Å². The Morgan fingerprint density at radius 3 is 1.67 bits per heavy atom. The van der Waals surface area contributed by atoms with E-state index in [1.807, 2.05) is 0 Å². The zero-order valence-electron chi connectivity index (χ0n) is 3.16. The summed E-state index contributed by atoms with van der Waals surface area (Å²) in [4.78, 5) is 8.36. The summed E-state index contributed by atoms with van der Waals surface area (Å²) in [5.74, 6) is 0. The molecule has 0 fully saturated rings. The minimum absolute atomic E-state index is 0. The van der Waals surface area contributed by atoms with Crippen LogP contribution in [0.2, 0.25) is 0 Å². The van der Waals surface area contributed by atoms with Gasteiger partial charge in [-0.1, -0.05) is 0 Å². The van der Waals surface area contributed by atoms with Crippen molar-refractivity contribution in [3.8, 4) is 0 Å². The largest absolute Gasteiger partial charge is 1.00 e. The maximum Gasteiger partial charge on any atom is 1.00 e. The molecule has 0 amide bonds. The molecule has 6 heteroatoms. The van der Waals surface area contributed by atoms with Gasteiger partial charge in [0.25, 0.3) is 5.09 Å². The first-order valence-electron chi connectivity index (χ1n) is 0.565. The van der Waals surface area contributed by atoms with Crippen LogP contribution in [0.1, 0.15) is 0 Å². The van der Waals surface area contributed by atoms with Gasteiger partial charge in [0.15, 0.2) is 0 Å². The van der Waals surface area contributed by atoms with Crippen molar-refractivity contribution in [2.45, 2.75) is 0 Å². The van der Waals surface area contributed by atoms with E-state index in [1.54, 1.807) is 0 Å². The molecule has 0 bridgehead atoms. The summed E-state index contributed by atoms with van der Waals surface area (Å²) in [7, 11) is 0. The van der Waals surface area contributed by atoms with Crippen molar-refractivity contribution in [1.82, 2.24) is 0 Å². The molecule has 5 nitrogen and oxygen atoms in total. The standard InChI is InChI=1S/K.HNO3.H2O/c;2-1(3)4;/h;(H,2,3,4);1H2/q+1;;/p-1. The molecular formula is H2KNO4. The fourth-order valence-electron chi connectivity index (χ4n) is 0. The Bertz CT molecular complexity index is 30.5. The fourth-order valence-corrected chi connectivity index (χ4v) is 0. The Kier molecular flexibility index (Phi) is 24.4. The summed E-state index contributed by atoms with van der Waals surface area (Å²) in [5.41, 5.74) is 0. The van der Waals surface area contributed by atoms with Crippen LogP contribution in [-0.2, 0) is 0 Å². The number of hydrogen-bond acceptors (Lipinski definition) is 3. The summed E-state index contributed by atoms with van der Waals surface area (Å²) in [6.07, 6.45) is 0. The molecule has 0 saturated heterocycles. The average Bonchev–Trinajstić information content (AvgIpc) is 0.811. The molecule has 0 aromatic rings. The van der Waals surface area contributed by atoms with Crippen molar-refractivity contribution >= 4 is 0 Å². The Morgan fingerprint density at radius 1 is 1.67 bits per heavy atom. The van der Waals surface area contributed by atoms with E-state index in [4.69, 9.17) is 15.3 Å². The van der Waals surface area contributed by atoms with Gasteiger partial charge in [0.05, 0.1) is 0 Å². The van der Waals surface area contributed by atoms with E-state index in [0.29, 0.717) is 0 Å². The second kappa shape index (κ2) is 9.25. The molecule has 0 aliphatic rings. The van der Waals surface area contributed by atoms with Crippen LogP contribution < -0.4 is 51.4 Å². The van der Waals surface area contributed by atoms with Crippen molar-refractivity contribution < 1.29 is 67.2 Å². The van der Waals surface area contributed by atoms with E-state index in [2.05, 4.69) is 0 Å². The van der Waals surface area contributed by atoms with E-state index in [1.165, 1.54) is 0 Å². The van der Waals surface area contributed by atoms with E-state index >= 15 is 0 Å². The van der Waals surface area contributed by atoms with Crippen LogP contribution in [0.25, 0.3) is 0 Å². The number of hydrogen-bond donors (Lipinski definition) is 1. The molecule has 0 unspecified atom stereocenters. The van der Waals surface area contributed by atoms with Gasteiger partial charge < -0.3 is 10.7 Å². The van der Waals surface area contributed by atoms with Gasteiger partial charge in [0.2, 0.25) is 0 Å². The van der Waals surface area contributed by atoms with Crippen LogP contribution in [0.15, 0.2) is 0 Å². The van der Waals surface area contributed by atoms with Crippen molar-refractivity contribution in [2.75, 3.05) is 0 Å². The molecule has 0 saturated carbocycles. The molecular weight excluding hydrogens is 117 g/mol. The third kappa shape index (κ3) is 109. The van der Waals surface area contributed by atoms with Crippen molar-refractivity contribution in [1.29, 1.82) is 0 Å². The van der Waals surface area contributed by atoms with Crippen LogP contribution in [0.4, 0.5) is 0 Å². The molecule has 0 radical (unpaired) electrons. The van der Waals surface area contributed by atoms with E-state index in [9.17, 15) is 0 Å². The average molecular weight is 119 g/mol.